The van der Waals surface area contributed by atoms with Gasteiger partial charge in [0.25, 0.3) is 11.8 Å². The molecule has 1 heterocycles. The minimum Gasteiger partial charge on any atom is -0.269 e. The van der Waals surface area contributed by atoms with E-state index in [2.05, 4.69) is 12.6 Å². The number of nitriles is 1. The largest absolute Gasteiger partial charge is 0.269 e. The number of imide groups is 1. The third-order valence-electron chi connectivity index (χ3n) is 4.85. The molecule has 23 heavy (non-hydrogen) atoms. The molecule has 1 saturated carbocycles. The van der Waals surface area contributed by atoms with Gasteiger partial charge in [0.1, 0.15) is 6.04 Å². The lowest BCUT2D eigenvalue weighted by molar-refractivity contribution is 0.0608. The average molecular weight is 308 g/mol. The van der Waals surface area contributed by atoms with E-state index in [1.54, 1.807) is 24.3 Å². The number of nitrogens with zero attached hydrogens (tertiary/aromatic N) is 2. The average Bonchev–Trinajstić information content (AvgIpc) is 2.81. The molecule has 1 aliphatic carbocycles. The molecular formula is C19H20N2O2. The maximum atomic E-state index is 12.5. The van der Waals surface area contributed by atoms with E-state index in [0.717, 1.165) is 37.0 Å². The molecule has 1 aromatic rings. The Bertz CT molecular complexity index is 667. The van der Waals surface area contributed by atoms with E-state index >= 15 is 0 Å². The van der Waals surface area contributed by atoms with Gasteiger partial charge in [-0.1, -0.05) is 24.3 Å². The van der Waals surface area contributed by atoms with E-state index in [-0.39, 0.29) is 11.8 Å². The molecule has 1 aromatic carbocycles. The summed E-state index contributed by atoms with van der Waals surface area (Å²) in [6, 6.07) is 8.24. The molecule has 2 amide bonds. The molecule has 0 spiro atoms. The van der Waals surface area contributed by atoms with Gasteiger partial charge >= 0.3 is 0 Å². The van der Waals surface area contributed by atoms with Crippen LogP contribution >= 0.6 is 0 Å². The van der Waals surface area contributed by atoms with Crippen molar-refractivity contribution < 1.29 is 9.59 Å². The number of carbonyl (C=O) groups excluding carboxylic acids is 2. The van der Waals surface area contributed by atoms with Crippen molar-refractivity contribution in [1.29, 1.82) is 5.26 Å². The molecule has 0 N–H and O–H groups in total. The Kier molecular flexibility index (Phi) is 4.29. The van der Waals surface area contributed by atoms with Crippen molar-refractivity contribution in [1.82, 2.24) is 4.90 Å². The zero-order valence-corrected chi connectivity index (χ0v) is 13.1. The second kappa shape index (κ2) is 6.37. The van der Waals surface area contributed by atoms with Crippen LogP contribution in [0.15, 0.2) is 36.4 Å². The van der Waals surface area contributed by atoms with Crippen LogP contribution in [0, 0.1) is 17.2 Å². The number of benzene rings is 1. The van der Waals surface area contributed by atoms with Gasteiger partial charge in [-0.3, -0.25) is 14.5 Å². The Hall–Kier alpha value is -2.41. The van der Waals surface area contributed by atoms with E-state index in [0.29, 0.717) is 23.5 Å². The first-order chi connectivity index (χ1) is 11.1. The van der Waals surface area contributed by atoms with Gasteiger partial charge in [-0.2, -0.15) is 5.26 Å². The summed E-state index contributed by atoms with van der Waals surface area (Å²) in [5.41, 5.74) is 2.09. The van der Waals surface area contributed by atoms with Crippen molar-refractivity contribution in [3.8, 4) is 6.07 Å². The minimum atomic E-state index is -0.683. The summed E-state index contributed by atoms with van der Waals surface area (Å²) < 4.78 is 0. The molecule has 1 fully saturated rings. The molecule has 2 aliphatic rings. The summed E-state index contributed by atoms with van der Waals surface area (Å²) in [7, 11) is 0. The standard InChI is InChI=1S/C19H20N2O2/c1-13-5-4-6-14(11-13)9-10-15(12-20)21-18(22)16-7-2-3-8-17(16)19(21)23/h2-3,7-8,14-15H,1,4-6,9-11H2. The first-order valence-electron chi connectivity index (χ1n) is 8.15. The van der Waals surface area contributed by atoms with Gasteiger partial charge < -0.3 is 0 Å². The van der Waals surface area contributed by atoms with Gasteiger partial charge in [0, 0.05) is 0 Å². The quantitative estimate of drug-likeness (QED) is 0.629. The molecule has 0 saturated heterocycles. The molecular weight excluding hydrogens is 288 g/mol. The van der Waals surface area contributed by atoms with Crippen LogP contribution in [-0.2, 0) is 0 Å². The van der Waals surface area contributed by atoms with E-state index in [1.165, 1.54) is 5.57 Å². The fraction of sp³-hybridized carbons (Fsp3) is 0.421. The van der Waals surface area contributed by atoms with Crippen molar-refractivity contribution in [2.24, 2.45) is 5.92 Å². The van der Waals surface area contributed by atoms with Gasteiger partial charge in [0.05, 0.1) is 17.2 Å². The predicted octanol–water partition coefficient (Wildman–Crippen LogP) is 3.70. The Balaban J connectivity index is 1.70. The van der Waals surface area contributed by atoms with Gasteiger partial charge in [-0.25, -0.2) is 0 Å². The number of carbonyl (C=O) groups is 2. The van der Waals surface area contributed by atoms with E-state index in [1.807, 2.05) is 0 Å². The van der Waals surface area contributed by atoms with Gasteiger partial charge in [0.2, 0.25) is 0 Å². The highest BCUT2D eigenvalue weighted by atomic mass is 16.2. The van der Waals surface area contributed by atoms with E-state index in [9.17, 15) is 14.9 Å². The normalized spacial score (nSPS) is 22.0. The van der Waals surface area contributed by atoms with Crippen molar-refractivity contribution in [2.75, 3.05) is 0 Å². The lowest BCUT2D eigenvalue weighted by Crippen LogP contribution is -2.39. The van der Waals surface area contributed by atoms with Crippen molar-refractivity contribution in [2.45, 2.75) is 44.6 Å². The number of fused-ring (bicyclic) bond motifs is 1. The molecule has 3 rings (SSSR count). The van der Waals surface area contributed by atoms with Crippen LogP contribution in [0.25, 0.3) is 0 Å². The highest BCUT2D eigenvalue weighted by Gasteiger charge is 2.39. The van der Waals surface area contributed by atoms with Crippen LogP contribution in [0.3, 0.4) is 0 Å². The van der Waals surface area contributed by atoms with Crippen LogP contribution in [0.1, 0.15) is 59.2 Å². The third kappa shape index (κ3) is 2.92. The Morgan fingerprint density at radius 3 is 2.48 bits per heavy atom. The van der Waals surface area contributed by atoms with Gasteiger partial charge in [0.15, 0.2) is 0 Å². The van der Waals surface area contributed by atoms with Gasteiger partial charge in [-0.05, 0) is 56.6 Å². The summed E-state index contributed by atoms with van der Waals surface area (Å²) in [4.78, 5) is 26.0. The van der Waals surface area contributed by atoms with E-state index < -0.39 is 6.04 Å². The molecule has 4 nitrogen and oxygen atoms in total. The highest BCUT2D eigenvalue weighted by Crippen LogP contribution is 2.32. The molecule has 4 heteroatoms. The Morgan fingerprint density at radius 1 is 1.26 bits per heavy atom. The Labute approximate surface area is 136 Å². The SMILES string of the molecule is C=C1CCCC(CCC(C#N)N2C(=O)c3ccccc3C2=O)C1. The smallest absolute Gasteiger partial charge is 0.262 e. The van der Waals surface area contributed by atoms with Crippen LogP contribution < -0.4 is 0 Å². The van der Waals surface area contributed by atoms with Crippen molar-refractivity contribution >= 4 is 11.8 Å². The monoisotopic (exact) mass is 308 g/mol. The number of hydrogen-bond acceptors (Lipinski definition) is 3. The van der Waals surface area contributed by atoms with Crippen LogP contribution in [-0.4, -0.2) is 22.8 Å². The molecule has 1 aliphatic heterocycles. The number of rotatable bonds is 4. The van der Waals surface area contributed by atoms with Crippen LogP contribution in [0.5, 0.6) is 0 Å². The van der Waals surface area contributed by atoms with Crippen molar-refractivity contribution in [3.05, 3.63) is 47.5 Å². The summed E-state index contributed by atoms with van der Waals surface area (Å²) in [6.45, 7) is 4.06. The summed E-state index contributed by atoms with van der Waals surface area (Å²) in [6.07, 6.45) is 5.77. The Morgan fingerprint density at radius 2 is 1.91 bits per heavy atom. The lowest BCUT2D eigenvalue weighted by atomic mass is 9.83. The maximum absolute atomic E-state index is 12.5. The van der Waals surface area contributed by atoms with Crippen LogP contribution in [0.4, 0.5) is 0 Å². The zero-order chi connectivity index (χ0) is 16.4. The molecule has 0 bridgehead atoms. The van der Waals surface area contributed by atoms with Crippen LogP contribution in [0.2, 0.25) is 0 Å². The summed E-state index contributed by atoms with van der Waals surface area (Å²) >= 11 is 0. The number of allylic oxidation sites excluding steroid dienone is 1. The number of hydrogen-bond donors (Lipinski definition) is 0. The van der Waals surface area contributed by atoms with Gasteiger partial charge in [-0.15, -0.1) is 0 Å². The zero-order valence-electron chi connectivity index (χ0n) is 13.1. The first-order valence-corrected chi connectivity index (χ1v) is 8.15. The highest BCUT2D eigenvalue weighted by molar-refractivity contribution is 6.21. The van der Waals surface area contributed by atoms with E-state index in [4.69, 9.17) is 0 Å². The molecule has 2 unspecified atom stereocenters. The first kappa shape index (κ1) is 15.5. The maximum Gasteiger partial charge on any atom is 0.262 e. The minimum absolute atomic E-state index is 0.342. The topological polar surface area (TPSA) is 61.2 Å². The molecule has 0 radical (unpaired) electrons. The second-order valence-electron chi connectivity index (χ2n) is 6.46. The molecule has 2 atom stereocenters. The second-order valence-corrected chi connectivity index (χ2v) is 6.46. The fourth-order valence-corrected chi connectivity index (χ4v) is 3.64. The summed E-state index contributed by atoms with van der Waals surface area (Å²) in [5, 5.41) is 9.47. The lowest BCUT2D eigenvalue weighted by Gasteiger charge is -2.26. The fourth-order valence-electron chi connectivity index (χ4n) is 3.64. The summed E-state index contributed by atoms with van der Waals surface area (Å²) in [5.74, 6) is -0.169. The van der Waals surface area contributed by atoms with Crippen molar-refractivity contribution in [3.63, 3.8) is 0 Å². The third-order valence-corrected chi connectivity index (χ3v) is 4.85. The molecule has 118 valence electrons. The molecule has 0 aromatic heterocycles. The predicted molar refractivity (Wildman–Crippen MR) is 86.7 cm³/mol. The number of amides is 2.